The van der Waals surface area contributed by atoms with E-state index in [4.69, 9.17) is 4.74 Å². The van der Waals surface area contributed by atoms with Gasteiger partial charge in [-0.1, -0.05) is 24.6 Å². The topological polar surface area (TPSA) is 55.6 Å². The molecule has 0 amide bonds. The Morgan fingerprint density at radius 2 is 1.64 bits per heavy atom. The zero-order chi connectivity index (χ0) is 17.2. The minimum Gasteiger partial charge on any atom is -0.758 e. The average Bonchev–Trinajstić information content (AvgIpc) is 2.66. The molecule has 0 N–H and O–H groups in total. The van der Waals surface area contributed by atoms with Gasteiger partial charge in [0.2, 0.25) is 12.2 Å². The maximum absolute atomic E-state index is 12.7. The van der Waals surface area contributed by atoms with Gasteiger partial charge in [-0.2, -0.15) is 0 Å². The third kappa shape index (κ3) is 3.15. The number of fused-ring (bicyclic) bond motifs is 1. The van der Waals surface area contributed by atoms with Gasteiger partial charge in [0.05, 0.1) is 6.04 Å². The summed E-state index contributed by atoms with van der Waals surface area (Å²) in [6.07, 6.45) is 5.03. The molecule has 2 aromatic carbocycles. The SMILES string of the molecule is O=[N+]1C=C(c2ccc(Oc3ccccc3)cc2)N([O-])[C@H]2CCCC[C@H]21. The quantitative estimate of drug-likeness (QED) is 0.764. The minimum absolute atomic E-state index is 0.212. The lowest BCUT2D eigenvalue weighted by atomic mass is 9.88. The molecule has 1 saturated carbocycles. The Hall–Kier alpha value is -2.66. The van der Waals surface area contributed by atoms with Gasteiger partial charge in [0.25, 0.3) is 0 Å². The van der Waals surface area contributed by atoms with Gasteiger partial charge in [0.1, 0.15) is 17.2 Å². The largest absolute Gasteiger partial charge is 0.758 e. The molecule has 1 heterocycles. The number of rotatable bonds is 3. The van der Waals surface area contributed by atoms with Crippen LogP contribution in [0.5, 0.6) is 11.5 Å². The second-order valence-electron chi connectivity index (χ2n) is 6.56. The van der Waals surface area contributed by atoms with Crippen LogP contribution in [0.3, 0.4) is 0 Å². The molecule has 0 radical (unpaired) electrons. The monoisotopic (exact) mass is 336 g/mol. The average molecular weight is 336 g/mol. The summed E-state index contributed by atoms with van der Waals surface area (Å²) in [5.41, 5.74) is 1.17. The van der Waals surface area contributed by atoms with E-state index in [0.717, 1.165) is 46.8 Å². The molecular weight excluding hydrogens is 316 g/mol. The summed E-state index contributed by atoms with van der Waals surface area (Å²) in [5.74, 6) is 1.45. The highest BCUT2D eigenvalue weighted by atomic mass is 16.5. The van der Waals surface area contributed by atoms with E-state index in [1.54, 1.807) is 0 Å². The summed E-state index contributed by atoms with van der Waals surface area (Å²) in [6, 6.07) is 16.4. The van der Waals surface area contributed by atoms with Crippen LogP contribution in [-0.4, -0.2) is 21.9 Å². The molecule has 0 spiro atoms. The van der Waals surface area contributed by atoms with Crippen molar-refractivity contribution in [1.29, 1.82) is 0 Å². The number of hydroxylamine groups is 2. The molecule has 5 nitrogen and oxygen atoms in total. The van der Waals surface area contributed by atoms with E-state index in [1.165, 1.54) is 6.20 Å². The van der Waals surface area contributed by atoms with Crippen LogP contribution in [0.2, 0.25) is 0 Å². The Morgan fingerprint density at radius 1 is 0.960 bits per heavy atom. The van der Waals surface area contributed by atoms with E-state index in [2.05, 4.69) is 0 Å². The molecule has 2 aromatic rings. The molecule has 25 heavy (non-hydrogen) atoms. The molecule has 128 valence electrons. The van der Waals surface area contributed by atoms with Crippen LogP contribution in [0.25, 0.3) is 5.70 Å². The fourth-order valence-electron chi connectivity index (χ4n) is 3.63. The predicted octanol–water partition coefficient (Wildman–Crippen LogP) is 4.68. The van der Waals surface area contributed by atoms with Crippen LogP contribution in [0.4, 0.5) is 0 Å². The van der Waals surface area contributed by atoms with Crippen LogP contribution in [0.1, 0.15) is 31.2 Å². The van der Waals surface area contributed by atoms with E-state index in [-0.39, 0.29) is 12.1 Å². The number of ether oxygens (including phenoxy) is 1. The first kappa shape index (κ1) is 15.8. The van der Waals surface area contributed by atoms with Gasteiger partial charge in [-0.25, -0.2) is 0 Å². The second-order valence-corrected chi connectivity index (χ2v) is 6.56. The first-order valence-corrected chi connectivity index (χ1v) is 8.69. The number of para-hydroxylation sites is 1. The first-order chi connectivity index (χ1) is 12.2. The maximum atomic E-state index is 12.7. The Balaban J connectivity index is 1.56. The Kier molecular flexibility index (Phi) is 4.24. The number of benzene rings is 2. The van der Waals surface area contributed by atoms with Crippen molar-refractivity contribution in [2.45, 2.75) is 37.8 Å². The van der Waals surface area contributed by atoms with Crippen LogP contribution < -0.4 is 4.74 Å². The van der Waals surface area contributed by atoms with Crippen molar-refractivity contribution in [1.82, 2.24) is 5.06 Å². The molecule has 0 saturated heterocycles. The molecule has 0 bridgehead atoms. The molecule has 1 aliphatic heterocycles. The van der Waals surface area contributed by atoms with Crippen molar-refractivity contribution < 1.29 is 9.50 Å². The number of nitroso groups, excluding NO2 is 1. The highest BCUT2D eigenvalue weighted by Crippen LogP contribution is 2.35. The van der Waals surface area contributed by atoms with Crippen LogP contribution in [0.15, 0.2) is 60.8 Å². The highest BCUT2D eigenvalue weighted by molar-refractivity contribution is 5.65. The lowest BCUT2D eigenvalue weighted by molar-refractivity contribution is -0.536. The van der Waals surface area contributed by atoms with Gasteiger partial charge in [-0.15, -0.1) is 0 Å². The lowest BCUT2D eigenvalue weighted by Crippen LogP contribution is -2.49. The normalized spacial score (nSPS) is 23.0. The van der Waals surface area contributed by atoms with Gasteiger partial charge < -0.3 is 15.0 Å². The third-order valence-electron chi connectivity index (χ3n) is 4.94. The van der Waals surface area contributed by atoms with E-state index < -0.39 is 0 Å². The standard InChI is InChI=1S/C20H20N2O3/c23-21-14-20(22(24)19-9-5-4-8-18(19)21)15-10-12-17(13-11-15)25-16-6-2-1-3-7-16/h1-3,6-7,10-14,18-19H,4-5,8-9H2/t18-,19+/m1/s1. The first-order valence-electron chi connectivity index (χ1n) is 8.69. The molecule has 2 aliphatic rings. The van der Waals surface area contributed by atoms with Crippen molar-refractivity contribution in [2.75, 3.05) is 0 Å². The van der Waals surface area contributed by atoms with E-state index >= 15 is 0 Å². The van der Waals surface area contributed by atoms with Crippen molar-refractivity contribution in [3.8, 4) is 11.5 Å². The Morgan fingerprint density at radius 3 is 2.40 bits per heavy atom. The zero-order valence-corrected chi connectivity index (χ0v) is 13.9. The Labute approximate surface area is 146 Å². The zero-order valence-electron chi connectivity index (χ0n) is 13.9. The summed E-state index contributed by atoms with van der Waals surface area (Å²) in [6.45, 7) is 0. The van der Waals surface area contributed by atoms with Crippen LogP contribution >= 0.6 is 0 Å². The Bertz CT molecular complexity index is 786. The van der Waals surface area contributed by atoms with E-state index in [0.29, 0.717) is 11.4 Å². The van der Waals surface area contributed by atoms with E-state index in [9.17, 15) is 10.1 Å². The maximum Gasteiger partial charge on any atom is 0.244 e. The number of nitrogens with zero attached hydrogens (tertiary/aromatic N) is 2. The smallest absolute Gasteiger partial charge is 0.244 e. The summed E-state index contributed by atoms with van der Waals surface area (Å²) in [7, 11) is 0. The molecule has 4 rings (SSSR count). The lowest BCUT2D eigenvalue weighted by Gasteiger charge is -2.44. The molecule has 1 aliphatic carbocycles. The summed E-state index contributed by atoms with van der Waals surface area (Å²) >= 11 is 0. The number of hydrogen-bond acceptors (Lipinski definition) is 4. The van der Waals surface area contributed by atoms with Gasteiger partial charge in [-0.05, 0) is 49.2 Å². The van der Waals surface area contributed by atoms with Crippen molar-refractivity contribution in [2.24, 2.45) is 0 Å². The van der Waals surface area contributed by atoms with Crippen molar-refractivity contribution in [3.05, 3.63) is 76.5 Å². The van der Waals surface area contributed by atoms with Gasteiger partial charge in [0, 0.05) is 21.7 Å². The molecule has 0 aromatic heterocycles. The fraction of sp³-hybridized carbons (Fsp3) is 0.300. The van der Waals surface area contributed by atoms with E-state index in [1.807, 2.05) is 54.6 Å². The molecule has 0 unspecified atom stereocenters. The fourth-order valence-corrected chi connectivity index (χ4v) is 3.63. The number of hydrogen-bond donors (Lipinski definition) is 0. The van der Waals surface area contributed by atoms with Gasteiger partial charge in [-0.3, -0.25) is 0 Å². The molecule has 2 atom stereocenters. The second kappa shape index (κ2) is 6.69. The van der Waals surface area contributed by atoms with Gasteiger partial charge >= 0.3 is 0 Å². The van der Waals surface area contributed by atoms with Crippen LogP contribution in [0, 0.1) is 10.1 Å². The molecule has 1 fully saturated rings. The van der Waals surface area contributed by atoms with Gasteiger partial charge in [0.15, 0.2) is 0 Å². The summed E-state index contributed by atoms with van der Waals surface area (Å²) in [4.78, 5) is 12.3. The highest BCUT2D eigenvalue weighted by Gasteiger charge is 2.41. The molecule has 5 heteroatoms. The third-order valence-corrected chi connectivity index (χ3v) is 4.94. The van der Waals surface area contributed by atoms with Crippen LogP contribution in [-0.2, 0) is 0 Å². The minimum atomic E-state index is -0.244. The molecular formula is C20H20N2O3. The predicted molar refractivity (Wildman–Crippen MR) is 95.8 cm³/mol. The van der Waals surface area contributed by atoms with Crippen molar-refractivity contribution >= 4 is 5.70 Å². The summed E-state index contributed by atoms with van der Waals surface area (Å²) in [5, 5.41) is 13.8. The summed E-state index contributed by atoms with van der Waals surface area (Å²) < 4.78 is 6.75. The van der Waals surface area contributed by atoms with Crippen molar-refractivity contribution in [3.63, 3.8) is 0 Å².